The number of rotatable bonds is 5. The lowest BCUT2D eigenvalue weighted by atomic mass is 10.1. The van der Waals surface area contributed by atoms with Crippen molar-refractivity contribution in [2.24, 2.45) is 0 Å². The largest absolute Gasteiger partial charge is 0.493 e. The van der Waals surface area contributed by atoms with Crippen molar-refractivity contribution in [3.63, 3.8) is 0 Å². The minimum atomic E-state index is -0.296. The summed E-state index contributed by atoms with van der Waals surface area (Å²) in [5.41, 5.74) is 3.25. The summed E-state index contributed by atoms with van der Waals surface area (Å²) in [7, 11) is 3.10. The van der Waals surface area contributed by atoms with Gasteiger partial charge >= 0.3 is 0 Å². The van der Waals surface area contributed by atoms with E-state index >= 15 is 0 Å². The van der Waals surface area contributed by atoms with E-state index < -0.39 is 0 Å². The van der Waals surface area contributed by atoms with Gasteiger partial charge in [0.2, 0.25) is 5.91 Å². The van der Waals surface area contributed by atoms with Crippen molar-refractivity contribution < 1.29 is 23.8 Å². The number of carbonyl (C=O) groups excluding carboxylic acids is 2. The Kier molecular flexibility index (Phi) is 5.49. The molecule has 0 unspecified atom stereocenters. The van der Waals surface area contributed by atoms with E-state index in [0.717, 1.165) is 11.1 Å². The third-order valence-electron chi connectivity index (χ3n) is 4.92. The van der Waals surface area contributed by atoms with Gasteiger partial charge in [-0.1, -0.05) is 12.1 Å². The zero-order chi connectivity index (χ0) is 22.0. The summed E-state index contributed by atoms with van der Waals surface area (Å²) in [6, 6.07) is 15.9. The van der Waals surface area contributed by atoms with Gasteiger partial charge in [0.05, 0.1) is 31.9 Å². The molecule has 1 heterocycles. The van der Waals surface area contributed by atoms with Crippen LogP contribution in [0, 0.1) is 6.92 Å². The molecule has 0 fully saturated rings. The van der Waals surface area contributed by atoms with Crippen molar-refractivity contribution >= 4 is 23.2 Å². The predicted octanol–water partition coefficient (Wildman–Crippen LogP) is 4.55. The summed E-state index contributed by atoms with van der Waals surface area (Å²) >= 11 is 0. The van der Waals surface area contributed by atoms with Gasteiger partial charge in [-0.2, -0.15) is 0 Å². The van der Waals surface area contributed by atoms with E-state index in [1.165, 1.54) is 0 Å². The van der Waals surface area contributed by atoms with Gasteiger partial charge in [0.1, 0.15) is 5.75 Å². The Bertz CT molecular complexity index is 1170. The third kappa shape index (κ3) is 4.30. The van der Waals surface area contributed by atoms with Crippen molar-refractivity contribution in [2.45, 2.75) is 13.3 Å². The topological polar surface area (TPSA) is 85.9 Å². The Balaban J connectivity index is 1.51. The summed E-state index contributed by atoms with van der Waals surface area (Å²) in [6.07, 6.45) is 0.144. The molecule has 1 aliphatic rings. The van der Waals surface area contributed by atoms with E-state index in [-0.39, 0.29) is 18.2 Å². The molecule has 7 nitrogen and oxygen atoms in total. The molecule has 2 amide bonds. The fourth-order valence-electron chi connectivity index (χ4n) is 3.39. The average molecular weight is 418 g/mol. The van der Waals surface area contributed by atoms with Crippen molar-refractivity contribution in [1.29, 1.82) is 0 Å². The summed E-state index contributed by atoms with van der Waals surface area (Å²) in [4.78, 5) is 25.3. The summed E-state index contributed by atoms with van der Waals surface area (Å²) < 4.78 is 16.4. The standard InChI is InChI=1S/C24H22N2O5/c1-14-4-7-20-18(10-14)26-24(28)17-13-16(6-9-19(17)31-20)25-23(27)12-15-5-8-21(29-2)22(11-15)30-3/h4-11,13H,12H2,1-3H3,(H,25,27)(H,26,28). The first-order valence-corrected chi connectivity index (χ1v) is 9.71. The number of methoxy groups -OCH3 is 2. The number of ether oxygens (including phenoxy) is 3. The maximum Gasteiger partial charge on any atom is 0.259 e. The number of benzene rings is 3. The first-order chi connectivity index (χ1) is 15.0. The highest BCUT2D eigenvalue weighted by Gasteiger charge is 2.21. The smallest absolute Gasteiger partial charge is 0.259 e. The van der Waals surface area contributed by atoms with Gasteiger partial charge in [-0.15, -0.1) is 0 Å². The lowest BCUT2D eigenvalue weighted by molar-refractivity contribution is -0.115. The van der Waals surface area contributed by atoms with Gasteiger partial charge in [0, 0.05) is 5.69 Å². The molecule has 4 rings (SSSR count). The van der Waals surface area contributed by atoms with Crippen molar-refractivity contribution in [3.8, 4) is 23.0 Å². The third-order valence-corrected chi connectivity index (χ3v) is 4.92. The Hall–Kier alpha value is -4.00. The van der Waals surface area contributed by atoms with Crippen molar-refractivity contribution in [1.82, 2.24) is 0 Å². The van der Waals surface area contributed by atoms with Gasteiger partial charge in [-0.25, -0.2) is 0 Å². The predicted molar refractivity (Wildman–Crippen MR) is 118 cm³/mol. The Morgan fingerprint density at radius 3 is 2.52 bits per heavy atom. The monoisotopic (exact) mass is 418 g/mol. The van der Waals surface area contributed by atoms with E-state index in [1.807, 2.05) is 25.1 Å². The highest BCUT2D eigenvalue weighted by molar-refractivity contribution is 6.09. The van der Waals surface area contributed by atoms with Crippen LogP contribution in [0.25, 0.3) is 0 Å². The zero-order valence-electron chi connectivity index (χ0n) is 17.4. The fraction of sp³-hybridized carbons (Fsp3) is 0.167. The first kappa shape index (κ1) is 20.3. The quantitative estimate of drug-likeness (QED) is 0.635. The molecule has 158 valence electrons. The second-order valence-electron chi connectivity index (χ2n) is 7.18. The molecular formula is C24H22N2O5. The molecule has 0 aliphatic carbocycles. The molecule has 31 heavy (non-hydrogen) atoms. The molecule has 0 bridgehead atoms. The second kappa shape index (κ2) is 8.39. The second-order valence-corrected chi connectivity index (χ2v) is 7.18. The molecule has 0 spiro atoms. The van der Waals surface area contributed by atoms with E-state index in [9.17, 15) is 9.59 Å². The molecule has 2 N–H and O–H groups in total. The minimum Gasteiger partial charge on any atom is -0.493 e. The Labute approximate surface area is 179 Å². The SMILES string of the molecule is COc1ccc(CC(=O)Nc2ccc3c(c2)C(=O)Nc2cc(C)ccc2O3)cc1OC. The number of hydrogen-bond acceptors (Lipinski definition) is 5. The van der Waals surface area contributed by atoms with Gasteiger partial charge < -0.3 is 24.8 Å². The average Bonchev–Trinajstić information content (AvgIpc) is 2.89. The van der Waals surface area contributed by atoms with E-state index in [0.29, 0.717) is 39.9 Å². The number of nitrogens with one attached hydrogen (secondary N) is 2. The van der Waals surface area contributed by atoms with Gasteiger partial charge in [0.15, 0.2) is 17.2 Å². The molecule has 7 heteroatoms. The number of aryl methyl sites for hydroxylation is 1. The molecule has 0 saturated carbocycles. The molecule has 0 radical (unpaired) electrons. The van der Waals surface area contributed by atoms with Crippen molar-refractivity contribution in [3.05, 3.63) is 71.3 Å². The summed E-state index contributed by atoms with van der Waals surface area (Å²) in [5, 5.41) is 5.69. The number of fused-ring (bicyclic) bond motifs is 2. The Morgan fingerprint density at radius 1 is 0.968 bits per heavy atom. The molecule has 3 aromatic carbocycles. The summed E-state index contributed by atoms with van der Waals surface area (Å²) in [5.74, 6) is 1.64. The molecule has 0 atom stereocenters. The Morgan fingerprint density at radius 2 is 1.74 bits per heavy atom. The van der Waals surface area contributed by atoms with Crippen LogP contribution in [0.3, 0.4) is 0 Å². The minimum absolute atomic E-state index is 0.144. The lowest BCUT2D eigenvalue weighted by Crippen LogP contribution is -2.16. The molecule has 3 aromatic rings. The van der Waals surface area contributed by atoms with Gasteiger partial charge in [-0.3, -0.25) is 9.59 Å². The molecule has 0 saturated heterocycles. The van der Waals surface area contributed by atoms with Crippen LogP contribution in [0.15, 0.2) is 54.6 Å². The fourth-order valence-corrected chi connectivity index (χ4v) is 3.39. The first-order valence-electron chi connectivity index (χ1n) is 9.71. The van der Waals surface area contributed by atoms with Crippen LogP contribution >= 0.6 is 0 Å². The van der Waals surface area contributed by atoms with Crippen LogP contribution in [-0.4, -0.2) is 26.0 Å². The van der Waals surface area contributed by atoms with Crippen LogP contribution in [-0.2, 0) is 11.2 Å². The maximum absolute atomic E-state index is 12.7. The van der Waals surface area contributed by atoms with E-state index in [1.54, 1.807) is 50.6 Å². The highest BCUT2D eigenvalue weighted by Crippen LogP contribution is 2.37. The number of carbonyl (C=O) groups is 2. The normalized spacial score (nSPS) is 11.9. The zero-order valence-corrected chi connectivity index (χ0v) is 17.4. The summed E-state index contributed by atoms with van der Waals surface area (Å²) in [6.45, 7) is 1.94. The van der Waals surface area contributed by atoms with Crippen LogP contribution in [0.1, 0.15) is 21.5 Å². The van der Waals surface area contributed by atoms with Crippen molar-refractivity contribution in [2.75, 3.05) is 24.9 Å². The van der Waals surface area contributed by atoms with Gasteiger partial charge in [-0.05, 0) is 60.5 Å². The number of amides is 2. The molecule has 1 aliphatic heterocycles. The number of anilines is 2. The highest BCUT2D eigenvalue weighted by atomic mass is 16.5. The van der Waals surface area contributed by atoms with Crippen LogP contribution in [0.2, 0.25) is 0 Å². The van der Waals surface area contributed by atoms with Crippen LogP contribution in [0.5, 0.6) is 23.0 Å². The van der Waals surface area contributed by atoms with E-state index in [2.05, 4.69) is 10.6 Å². The van der Waals surface area contributed by atoms with Crippen LogP contribution < -0.4 is 24.8 Å². The van der Waals surface area contributed by atoms with Crippen LogP contribution in [0.4, 0.5) is 11.4 Å². The maximum atomic E-state index is 12.7. The van der Waals surface area contributed by atoms with E-state index in [4.69, 9.17) is 14.2 Å². The number of hydrogen-bond donors (Lipinski definition) is 2. The van der Waals surface area contributed by atoms with Gasteiger partial charge in [0.25, 0.3) is 5.91 Å². The lowest BCUT2D eigenvalue weighted by Gasteiger charge is -2.11. The molecular weight excluding hydrogens is 396 g/mol. The molecule has 0 aromatic heterocycles.